The number of ether oxygens (including phenoxy) is 1. The molecule has 0 aliphatic carbocycles. The molecule has 2 heterocycles. The molecule has 5 rings (SSSR count). The summed E-state index contributed by atoms with van der Waals surface area (Å²) < 4.78 is 29.6. The molecular formula is C24H23NO4S. The van der Waals surface area contributed by atoms with Crippen LogP contribution in [-0.4, -0.2) is 50.8 Å². The number of rotatable bonds is 3. The topological polar surface area (TPSA) is 63.7 Å². The van der Waals surface area contributed by atoms with E-state index in [1.807, 2.05) is 47.4 Å². The van der Waals surface area contributed by atoms with Crippen molar-refractivity contribution in [2.24, 2.45) is 0 Å². The molecule has 6 heteroatoms. The summed E-state index contributed by atoms with van der Waals surface area (Å²) in [6.07, 6.45) is 3.65. The number of sulfone groups is 1. The Hall–Kier alpha value is -2.70. The minimum absolute atomic E-state index is 0.0574. The highest BCUT2D eigenvalue weighted by atomic mass is 32.2. The van der Waals surface area contributed by atoms with E-state index in [0.29, 0.717) is 23.5 Å². The summed E-state index contributed by atoms with van der Waals surface area (Å²) in [6, 6.07) is 18.7. The fraction of sp³-hybridized carbons (Fsp3) is 0.292. The number of benzene rings is 3. The van der Waals surface area contributed by atoms with Gasteiger partial charge in [0.05, 0.1) is 17.1 Å². The number of amides is 1. The molecule has 1 amide bonds. The number of hydrogen-bond acceptors (Lipinski definition) is 4. The van der Waals surface area contributed by atoms with E-state index in [1.165, 1.54) is 6.26 Å². The molecule has 2 aliphatic rings. The van der Waals surface area contributed by atoms with Crippen molar-refractivity contribution in [3.63, 3.8) is 0 Å². The molecule has 0 spiro atoms. The number of morpholine rings is 1. The molecular weight excluding hydrogens is 398 g/mol. The van der Waals surface area contributed by atoms with Gasteiger partial charge in [0.25, 0.3) is 5.91 Å². The summed E-state index contributed by atoms with van der Waals surface area (Å²) in [4.78, 5) is 15.2. The lowest BCUT2D eigenvalue weighted by Gasteiger charge is -2.32. The Labute approximate surface area is 176 Å². The van der Waals surface area contributed by atoms with Crippen LogP contribution in [0.3, 0.4) is 0 Å². The van der Waals surface area contributed by atoms with E-state index in [0.717, 1.165) is 34.7 Å². The van der Waals surface area contributed by atoms with Gasteiger partial charge in [-0.2, -0.15) is 0 Å². The number of carbonyl (C=O) groups is 1. The summed E-state index contributed by atoms with van der Waals surface area (Å²) in [5.74, 6) is 0.0574. The Balaban J connectivity index is 1.44. The molecule has 0 radical (unpaired) electrons. The first-order valence-electron chi connectivity index (χ1n) is 10.2. The summed E-state index contributed by atoms with van der Waals surface area (Å²) >= 11 is 0. The number of fused-ring (bicyclic) bond motifs is 3. The molecule has 3 aromatic rings. The van der Waals surface area contributed by atoms with Crippen LogP contribution in [0.4, 0.5) is 0 Å². The Bertz CT molecular complexity index is 1240. The van der Waals surface area contributed by atoms with E-state index in [2.05, 4.69) is 0 Å². The van der Waals surface area contributed by atoms with E-state index in [1.54, 1.807) is 18.2 Å². The largest absolute Gasteiger partial charge is 0.371 e. The van der Waals surface area contributed by atoms with Gasteiger partial charge in [0.2, 0.25) is 0 Å². The molecule has 0 N–H and O–H groups in total. The molecule has 3 aromatic carbocycles. The van der Waals surface area contributed by atoms with Crippen LogP contribution in [-0.2, 0) is 14.6 Å². The molecule has 2 bridgehead atoms. The summed E-state index contributed by atoms with van der Waals surface area (Å²) in [5, 5.41) is 2.00. The van der Waals surface area contributed by atoms with Gasteiger partial charge in [0, 0.05) is 24.9 Å². The highest BCUT2D eigenvalue weighted by Crippen LogP contribution is 2.29. The highest BCUT2D eigenvalue weighted by molar-refractivity contribution is 7.90. The highest BCUT2D eigenvalue weighted by Gasteiger charge is 2.35. The maximum absolute atomic E-state index is 13.0. The molecule has 0 aromatic heterocycles. The predicted octanol–water partition coefficient (Wildman–Crippen LogP) is 3.91. The second-order valence-electron chi connectivity index (χ2n) is 8.24. The first-order chi connectivity index (χ1) is 14.4. The normalized spacial score (nSPS) is 21.2. The zero-order chi connectivity index (χ0) is 20.9. The Morgan fingerprint density at radius 1 is 0.900 bits per heavy atom. The van der Waals surface area contributed by atoms with E-state index in [-0.39, 0.29) is 18.1 Å². The van der Waals surface area contributed by atoms with Crippen molar-refractivity contribution in [3.8, 4) is 11.1 Å². The lowest BCUT2D eigenvalue weighted by atomic mass is 9.99. The number of likely N-dealkylation sites (tertiary alicyclic amines) is 1. The van der Waals surface area contributed by atoms with Gasteiger partial charge in [-0.3, -0.25) is 4.79 Å². The molecule has 5 nitrogen and oxygen atoms in total. The second kappa shape index (κ2) is 7.22. The number of hydrogen-bond donors (Lipinski definition) is 0. The van der Waals surface area contributed by atoms with Crippen molar-refractivity contribution in [1.29, 1.82) is 0 Å². The minimum Gasteiger partial charge on any atom is -0.371 e. The van der Waals surface area contributed by atoms with Gasteiger partial charge in [-0.1, -0.05) is 30.3 Å². The summed E-state index contributed by atoms with van der Waals surface area (Å²) in [7, 11) is -3.26. The average Bonchev–Trinajstić information content (AvgIpc) is 3.09. The van der Waals surface area contributed by atoms with Crippen molar-refractivity contribution in [3.05, 3.63) is 66.2 Å². The van der Waals surface area contributed by atoms with Gasteiger partial charge in [-0.05, 0) is 65.1 Å². The van der Waals surface area contributed by atoms with Crippen LogP contribution in [0, 0.1) is 0 Å². The fourth-order valence-corrected chi connectivity index (χ4v) is 5.09. The third-order valence-corrected chi connectivity index (χ3v) is 7.12. The van der Waals surface area contributed by atoms with Gasteiger partial charge < -0.3 is 9.64 Å². The lowest BCUT2D eigenvalue weighted by molar-refractivity contribution is -0.0303. The van der Waals surface area contributed by atoms with Crippen molar-refractivity contribution in [2.45, 2.75) is 29.9 Å². The van der Waals surface area contributed by atoms with Gasteiger partial charge in [-0.25, -0.2) is 8.42 Å². The van der Waals surface area contributed by atoms with Gasteiger partial charge >= 0.3 is 0 Å². The monoisotopic (exact) mass is 421 g/mol. The van der Waals surface area contributed by atoms with E-state index < -0.39 is 9.84 Å². The second-order valence-corrected chi connectivity index (χ2v) is 10.3. The lowest BCUT2D eigenvalue weighted by Crippen LogP contribution is -2.45. The average molecular weight is 422 g/mol. The maximum atomic E-state index is 13.0. The smallest absolute Gasteiger partial charge is 0.254 e. The molecule has 2 aliphatic heterocycles. The molecule has 2 saturated heterocycles. The number of carbonyl (C=O) groups excluding carboxylic acids is 1. The zero-order valence-corrected chi connectivity index (χ0v) is 17.6. The van der Waals surface area contributed by atoms with Crippen molar-refractivity contribution < 1.29 is 17.9 Å². The van der Waals surface area contributed by atoms with Crippen molar-refractivity contribution >= 4 is 26.5 Å². The van der Waals surface area contributed by atoms with Gasteiger partial charge in [0.15, 0.2) is 9.84 Å². The van der Waals surface area contributed by atoms with E-state index in [9.17, 15) is 13.2 Å². The van der Waals surface area contributed by atoms with E-state index in [4.69, 9.17) is 4.74 Å². The minimum atomic E-state index is -3.26. The van der Waals surface area contributed by atoms with Crippen LogP contribution in [0.2, 0.25) is 0 Å². The van der Waals surface area contributed by atoms with Gasteiger partial charge in [0.1, 0.15) is 0 Å². The summed E-state index contributed by atoms with van der Waals surface area (Å²) in [5.41, 5.74) is 2.48. The standard InChI is InChI=1S/C24H23NO4S/c1-30(27,28)23-4-2-3-16(13-23)17-5-6-19-12-20(8-7-18(19)11-17)24(26)25-14-21-9-10-22(15-25)29-21/h2-8,11-13,21-22H,9-10,14-15H2,1H3/t21-,22+. The molecule has 2 fully saturated rings. The molecule has 154 valence electrons. The van der Waals surface area contributed by atoms with Crippen molar-refractivity contribution in [2.75, 3.05) is 19.3 Å². The first kappa shape index (κ1) is 19.3. The quantitative estimate of drug-likeness (QED) is 0.643. The SMILES string of the molecule is CS(=O)(=O)c1cccc(-c2ccc3cc(C(=O)N4C[C@H]5CC[C@@H](C4)O5)ccc3c2)c1. The van der Waals surface area contributed by atoms with Crippen LogP contribution in [0.25, 0.3) is 21.9 Å². The molecule has 0 unspecified atom stereocenters. The Morgan fingerprint density at radius 2 is 1.57 bits per heavy atom. The van der Waals surface area contributed by atoms with Crippen LogP contribution in [0.1, 0.15) is 23.2 Å². The molecule has 0 saturated carbocycles. The van der Waals surface area contributed by atoms with Crippen LogP contribution >= 0.6 is 0 Å². The first-order valence-corrected chi connectivity index (χ1v) is 12.0. The molecule has 2 atom stereocenters. The maximum Gasteiger partial charge on any atom is 0.254 e. The predicted molar refractivity (Wildman–Crippen MR) is 116 cm³/mol. The van der Waals surface area contributed by atoms with Crippen molar-refractivity contribution in [1.82, 2.24) is 4.90 Å². The Kier molecular flexibility index (Phi) is 4.64. The van der Waals surface area contributed by atoms with Crippen LogP contribution in [0.5, 0.6) is 0 Å². The summed E-state index contributed by atoms with van der Waals surface area (Å²) in [6.45, 7) is 1.34. The Morgan fingerprint density at radius 3 is 2.30 bits per heavy atom. The molecule has 30 heavy (non-hydrogen) atoms. The van der Waals surface area contributed by atoms with Crippen LogP contribution < -0.4 is 0 Å². The van der Waals surface area contributed by atoms with Gasteiger partial charge in [-0.15, -0.1) is 0 Å². The number of nitrogens with zero attached hydrogens (tertiary/aromatic N) is 1. The van der Waals surface area contributed by atoms with E-state index >= 15 is 0 Å². The van der Waals surface area contributed by atoms with Crippen LogP contribution in [0.15, 0.2) is 65.6 Å². The third-order valence-electron chi connectivity index (χ3n) is 6.01. The zero-order valence-electron chi connectivity index (χ0n) is 16.7. The third kappa shape index (κ3) is 3.61. The fourth-order valence-electron chi connectivity index (χ4n) is 4.43.